The number of allylic oxidation sites excluding steroid dienone is 1. The van der Waals surface area contributed by atoms with E-state index in [4.69, 9.17) is 0 Å². The summed E-state index contributed by atoms with van der Waals surface area (Å²) in [6.07, 6.45) is 0.117. The number of rotatable bonds is 2. The van der Waals surface area contributed by atoms with Gasteiger partial charge in [0.2, 0.25) is 9.84 Å². The molecule has 0 atom stereocenters. The molecule has 1 aliphatic heterocycles. The molecule has 2 aromatic rings. The van der Waals surface area contributed by atoms with Crippen molar-refractivity contribution in [3.05, 3.63) is 71.5 Å². The van der Waals surface area contributed by atoms with Gasteiger partial charge >= 0.3 is 0 Å². The molecule has 0 fully saturated rings. The second-order valence-electron chi connectivity index (χ2n) is 4.77. The highest BCUT2D eigenvalue weighted by molar-refractivity contribution is 8.08. The Kier molecular flexibility index (Phi) is 3.14. The first-order chi connectivity index (χ1) is 10.0. The van der Waals surface area contributed by atoms with E-state index in [9.17, 15) is 18.3 Å². The van der Waals surface area contributed by atoms with Crippen molar-refractivity contribution in [2.45, 2.75) is 11.3 Å². The van der Waals surface area contributed by atoms with Crippen molar-refractivity contribution in [2.24, 2.45) is 0 Å². The van der Waals surface area contributed by atoms with E-state index in [1.165, 1.54) is 12.1 Å². The van der Waals surface area contributed by atoms with Crippen molar-refractivity contribution in [1.29, 1.82) is 0 Å². The van der Waals surface area contributed by atoms with E-state index in [-0.39, 0.29) is 28.2 Å². The number of carbonyl (C=O) groups excluding carboxylic acids is 1. The highest BCUT2D eigenvalue weighted by Crippen LogP contribution is 2.37. The van der Waals surface area contributed by atoms with Crippen molar-refractivity contribution in [2.75, 3.05) is 0 Å². The minimum atomic E-state index is -4.03. The quantitative estimate of drug-likeness (QED) is 0.683. The van der Waals surface area contributed by atoms with Gasteiger partial charge in [-0.1, -0.05) is 48.5 Å². The maximum absolute atomic E-state index is 12.1. The van der Waals surface area contributed by atoms with Gasteiger partial charge in [-0.15, -0.1) is 0 Å². The van der Waals surface area contributed by atoms with Gasteiger partial charge in [-0.2, -0.15) is 0 Å². The lowest BCUT2D eigenvalue weighted by molar-refractivity contribution is -0.106. The Morgan fingerprint density at radius 3 is 2.29 bits per heavy atom. The predicted molar refractivity (Wildman–Crippen MR) is 78.3 cm³/mol. The van der Waals surface area contributed by atoms with Crippen molar-refractivity contribution in [3.8, 4) is 0 Å². The number of aliphatic hydroxyl groups excluding tert-OH is 1. The van der Waals surface area contributed by atoms with Crippen molar-refractivity contribution >= 4 is 20.5 Å². The Morgan fingerprint density at radius 1 is 0.952 bits per heavy atom. The molecule has 0 spiro atoms. The van der Waals surface area contributed by atoms with Crippen LogP contribution in [0.3, 0.4) is 0 Å². The third kappa shape index (κ3) is 2.15. The summed E-state index contributed by atoms with van der Waals surface area (Å²) >= 11 is 0. The number of aliphatic hydroxyl groups is 1. The first kappa shape index (κ1) is 13.6. The first-order valence-electron chi connectivity index (χ1n) is 6.36. The van der Waals surface area contributed by atoms with Crippen LogP contribution in [0.25, 0.3) is 5.57 Å². The predicted octanol–water partition coefficient (Wildman–Crippen LogP) is 2.51. The molecule has 1 heterocycles. The van der Waals surface area contributed by atoms with Gasteiger partial charge in [0.1, 0.15) is 5.76 Å². The van der Waals surface area contributed by atoms with Crippen molar-refractivity contribution < 1.29 is 18.3 Å². The highest BCUT2D eigenvalue weighted by atomic mass is 32.2. The fourth-order valence-electron chi connectivity index (χ4n) is 2.40. The highest BCUT2D eigenvalue weighted by Gasteiger charge is 2.41. The molecule has 21 heavy (non-hydrogen) atoms. The molecule has 3 rings (SSSR count). The van der Waals surface area contributed by atoms with E-state index < -0.39 is 15.0 Å². The van der Waals surface area contributed by atoms with Gasteiger partial charge in [-0.05, 0) is 11.6 Å². The van der Waals surface area contributed by atoms with Gasteiger partial charge in [0, 0.05) is 12.0 Å². The Balaban J connectivity index is 2.14. The summed E-state index contributed by atoms with van der Waals surface area (Å²) in [5, 5.41) is 9.22. The summed E-state index contributed by atoms with van der Waals surface area (Å²) in [5.41, 5.74) is 0.961. The lowest BCUT2D eigenvalue weighted by atomic mass is 10.0. The molecule has 106 valence electrons. The van der Waals surface area contributed by atoms with Gasteiger partial charge in [0.15, 0.2) is 0 Å². The molecule has 1 aliphatic rings. The summed E-state index contributed by atoms with van der Waals surface area (Å²) < 4.78 is 24.1. The molecule has 0 radical (unpaired) electrons. The van der Waals surface area contributed by atoms with Crippen molar-refractivity contribution in [1.82, 2.24) is 0 Å². The maximum atomic E-state index is 12.1. The lowest BCUT2D eigenvalue weighted by Crippen LogP contribution is -2.09. The Hall–Kier alpha value is -2.40. The lowest BCUT2D eigenvalue weighted by Gasteiger charge is -2.04. The van der Waals surface area contributed by atoms with E-state index in [2.05, 4.69) is 0 Å². The smallest absolute Gasteiger partial charge is 0.285 e. The average Bonchev–Trinajstić information content (AvgIpc) is 2.68. The van der Waals surface area contributed by atoms with Crippen LogP contribution in [0.4, 0.5) is 0 Å². The van der Waals surface area contributed by atoms with Gasteiger partial charge in [-0.3, -0.25) is 4.79 Å². The fraction of sp³-hybridized carbons (Fsp3) is 0.0625. The molecule has 1 N–H and O–H groups in total. The Morgan fingerprint density at radius 2 is 1.57 bits per heavy atom. The zero-order valence-corrected chi connectivity index (χ0v) is 11.8. The topological polar surface area (TPSA) is 71.4 Å². The van der Waals surface area contributed by atoms with Crippen LogP contribution < -0.4 is 0 Å². The van der Waals surface area contributed by atoms with Gasteiger partial charge in [-0.25, -0.2) is 8.42 Å². The Labute approximate surface area is 122 Å². The van der Waals surface area contributed by atoms with Crippen LogP contribution in [0.5, 0.6) is 0 Å². The standard InChI is InChI=1S/C16H12O4S/c17-13(10-11-6-2-1-3-7-11)15-12-8-4-5-9-14(12)21(19,20)16(15)18/h1-9,17H,10H2. The SMILES string of the molecule is O=C1C(=C(O)Cc2ccccc2)c2ccccc2S1(=O)=O. The fourth-order valence-corrected chi connectivity index (χ4v) is 3.82. The van der Waals surface area contributed by atoms with Crippen LogP contribution in [-0.2, 0) is 21.1 Å². The molecule has 0 unspecified atom stereocenters. The number of hydrogen-bond donors (Lipinski definition) is 1. The van der Waals surface area contributed by atoms with E-state index in [1.807, 2.05) is 18.2 Å². The molecule has 0 aliphatic carbocycles. The summed E-state index contributed by atoms with van der Waals surface area (Å²) in [6, 6.07) is 15.2. The minimum absolute atomic E-state index is 0.0374. The van der Waals surface area contributed by atoms with E-state index >= 15 is 0 Å². The van der Waals surface area contributed by atoms with Crippen LogP contribution >= 0.6 is 0 Å². The average molecular weight is 300 g/mol. The molecular weight excluding hydrogens is 288 g/mol. The Bertz CT molecular complexity index is 849. The maximum Gasteiger partial charge on any atom is 0.285 e. The van der Waals surface area contributed by atoms with E-state index in [0.717, 1.165) is 5.56 Å². The summed E-state index contributed by atoms with van der Waals surface area (Å²) in [5.74, 6) is -0.222. The summed E-state index contributed by atoms with van der Waals surface area (Å²) in [4.78, 5) is 12.1. The van der Waals surface area contributed by atoms with Crippen LogP contribution in [0.2, 0.25) is 0 Å². The van der Waals surface area contributed by atoms with Gasteiger partial charge in [0.05, 0.1) is 10.5 Å². The second-order valence-corrected chi connectivity index (χ2v) is 6.59. The summed E-state index contributed by atoms with van der Waals surface area (Å²) in [7, 11) is -4.03. The zero-order valence-electron chi connectivity index (χ0n) is 11.0. The van der Waals surface area contributed by atoms with E-state index in [0.29, 0.717) is 0 Å². The molecular formula is C16H12O4S. The summed E-state index contributed by atoms with van der Waals surface area (Å²) in [6.45, 7) is 0. The molecule has 0 amide bonds. The number of sulfone groups is 1. The molecule has 0 aromatic heterocycles. The van der Waals surface area contributed by atoms with Crippen LogP contribution in [-0.4, -0.2) is 18.6 Å². The molecule has 4 nitrogen and oxygen atoms in total. The number of benzene rings is 2. The number of hydrogen-bond acceptors (Lipinski definition) is 4. The van der Waals surface area contributed by atoms with E-state index in [1.54, 1.807) is 24.3 Å². The molecule has 0 saturated carbocycles. The normalized spacial score (nSPS) is 18.4. The molecule has 0 saturated heterocycles. The van der Waals surface area contributed by atoms with Crippen LogP contribution in [0.15, 0.2) is 65.3 Å². The van der Waals surface area contributed by atoms with Crippen LogP contribution in [0, 0.1) is 0 Å². The third-order valence-electron chi connectivity index (χ3n) is 3.40. The number of fused-ring (bicyclic) bond motifs is 1. The van der Waals surface area contributed by atoms with Gasteiger partial charge in [0.25, 0.3) is 5.12 Å². The molecule has 0 bridgehead atoms. The molecule has 2 aromatic carbocycles. The molecule has 5 heteroatoms. The van der Waals surface area contributed by atoms with Gasteiger partial charge < -0.3 is 5.11 Å². The van der Waals surface area contributed by atoms with Crippen LogP contribution in [0.1, 0.15) is 11.1 Å². The second kappa shape index (κ2) is 4.86. The largest absolute Gasteiger partial charge is 0.511 e. The van der Waals surface area contributed by atoms with Crippen molar-refractivity contribution in [3.63, 3.8) is 0 Å². The monoisotopic (exact) mass is 300 g/mol. The third-order valence-corrected chi connectivity index (χ3v) is 5.02. The zero-order chi connectivity index (χ0) is 15.0. The first-order valence-corrected chi connectivity index (χ1v) is 7.85. The minimum Gasteiger partial charge on any atom is -0.511 e. The number of carbonyl (C=O) groups is 1.